The van der Waals surface area contributed by atoms with E-state index >= 15 is 0 Å². The van der Waals surface area contributed by atoms with Gasteiger partial charge < -0.3 is 10.6 Å². The molecule has 0 saturated carbocycles. The van der Waals surface area contributed by atoms with Crippen molar-refractivity contribution in [2.24, 2.45) is 5.73 Å². The van der Waals surface area contributed by atoms with Crippen LogP contribution in [0.1, 0.15) is 5.56 Å². The van der Waals surface area contributed by atoms with E-state index in [0.29, 0.717) is 12.2 Å². The molecule has 0 saturated heterocycles. The van der Waals surface area contributed by atoms with Crippen LogP contribution < -0.4 is 10.6 Å². The summed E-state index contributed by atoms with van der Waals surface area (Å²) in [5.41, 5.74) is 6.12. The lowest BCUT2D eigenvalue weighted by Gasteiger charge is -2.19. The Morgan fingerprint density at radius 2 is 2.11 bits per heavy atom. The van der Waals surface area contributed by atoms with E-state index in [1.807, 2.05) is 0 Å². The lowest BCUT2D eigenvalue weighted by atomic mass is 10.2. The first-order valence-electron chi connectivity index (χ1n) is 5.19. The number of halogens is 1. The molecule has 100 valence electrons. The van der Waals surface area contributed by atoms with Crippen LogP contribution in [0.3, 0.4) is 0 Å². The fourth-order valence-electron chi connectivity index (χ4n) is 1.37. The van der Waals surface area contributed by atoms with Gasteiger partial charge >= 0.3 is 0 Å². The lowest BCUT2D eigenvalue weighted by molar-refractivity contribution is 0.601. The molecule has 0 aliphatic rings. The number of nitrogens with zero attached hydrogens (tertiary/aromatic N) is 1. The summed E-state index contributed by atoms with van der Waals surface area (Å²) in [4.78, 5) is 1.66. The highest BCUT2D eigenvalue weighted by Gasteiger charge is 2.10. The van der Waals surface area contributed by atoms with Crippen molar-refractivity contribution in [3.8, 4) is 0 Å². The topological polar surface area (TPSA) is 63.4 Å². The second-order valence-electron chi connectivity index (χ2n) is 4.08. The van der Waals surface area contributed by atoms with E-state index in [1.54, 1.807) is 18.0 Å². The maximum Gasteiger partial charge on any atom is 0.149 e. The average Bonchev–Trinajstić information content (AvgIpc) is 2.24. The Kier molecular flexibility index (Phi) is 4.64. The SMILES string of the molecule is CN(CCS(C)(=O)=O)c1ccc(C(N)=S)c(F)c1. The van der Waals surface area contributed by atoms with Crippen molar-refractivity contribution < 1.29 is 12.8 Å². The van der Waals surface area contributed by atoms with Gasteiger partial charge in [-0.2, -0.15) is 0 Å². The number of hydrogen-bond donors (Lipinski definition) is 1. The van der Waals surface area contributed by atoms with Crippen LogP contribution in [-0.4, -0.2) is 39.0 Å². The Bertz CT molecular complexity index is 558. The Labute approximate surface area is 112 Å². The summed E-state index contributed by atoms with van der Waals surface area (Å²) < 4.78 is 35.7. The van der Waals surface area contributed by atoms with Crippen molar-refractivity contribution in [1.29, 1.82) is 0 Å². The van der Waals surface area contributed by atoms with Crippen molar-refractivity contribution in [2.45, 2.75) is 0 Å². The second-order valence-corrected chi connectivity index (χ2v) is 6.78. The summed E-state index contributed by atoms with van der Waals surface area (Å²) in [6, 6.07) is 4.43. The highest BCUT2D eigenvalue weighted by atomic mass is 32.2. The van der Waals surface area contributed by atoms with Crippen LogP contribution >= 0.6 is 12.2 Å². The standard InChI is InChI=1S/C11H15FN2O2S2/c1-14(5-6-18(2,15)16)8-3-4-9(11(13)17)10(12)7-8/h3-4,7H,5-6H2,1-2H3,(H2,13,17). The van der Waals surface area contributed by atoms with Gasteiger partial charge in [-0.05, 0) is 18.2 Å². The summed E-state index contributed by atoms with van der Waals surface area (Å²) in [7, 11) is -1.34. The third-order valence-corrected chi connectivity index (χ3v) is 3.60. The zero-order valence-corrected chi connectivity index (χ0v) is 11.8. The van der Waals surface area contributed by atoms with E-state index in [1.165, 1.54) is 12.1 Å². The Hall–Kier alpha value is -1.21. The Morgan fingerprint density at radius 1 is 1.50 bits per heavy atom. The van der Waals surface area contributed by atoms with Crippen molar-refractivity contribution in [1.82, 2.24) is 0 Å². The predicted molar refractivity (Wildman–Crippen MR) is 75.3 cm³/mol. The van der Waals surface area contributed by atoms with Crippen molar-refractivity contribution >= 4 is 32.7 Å². The zero-order valence-electron chi connectivity index (χ0n) is 10.2. The zero-order chi connectivity index (χ0) is 13.9. The number of benzene rings is 1. The minimum absolute atomic E-state index is 0.00200. The molecule has 0 unspecified atom stereocenters. The molecule has 2 N–H and O–H groups in total. The molecular weight excluding hydrogens is 275 g/mol. The van der Waals surface area contributed by atoms with Gasteiger partial charge in [0.05, 0.1) is 5.75 Å². The number of anilines is 1. The second kappa shape index (κ2) is 5.62. The predicted octanol–water partition coefficient (Wildman–Crippen LogP) is 0.941. The number of nitrogens with two attached hydrogens (primary N) is 1. The molecule has 0 atom stereocenters. The van der Waals surface area contributed by atoms with E-state index in [2.05, 4.69) is 0 Å². The van der Waals surface area contributed by atoms with Gasteiger partial charge in [0, 0.05) is 31.1 Å². The quantitative estimate of drug-likeness (QED) is 0.818. The van der Waals surface area contributed by atoms with Gasteiger partial charge in [-0.1, -0.05) is 12.2 Å². The number of hydrogen-bond acceptors (Lipinski definition) is 4. The average molecular weight is 290 g/mol. The normalized spacial score (nSPS) is 11.3. The van der Waals surface area contributed by atoms with Gasteiger partial charge in [0.1, 0.15) is 20.6 Å². The van der Waals surface area contributed by atoms with Crippen LogP contribution in [0, 0.1) is 5.82 Å². The van der Waals surface area contributed by atoms with E-state index in [4.69, 9.17) is 18.0 Å². The van der Waals surface area contributed by atoms with E-state index < -0.39 is 15.7 Å². The molecule has 0 aliphatic carbocycles. The van der Waals surface area contributed by atoms with Gasteiger partial charge in [0.25, 0.3) is 0 Å². The number of rotatable bonds is 5. The summed E-state index contributed by atoms with van der Waals surface area (Å²) in [6.45, 7) is 0.296. The van der Waals surface area contributed by atoms with Crippen molar-refractivity contribution in [3.05, 3.63) is 29.6 Å². The van der Waals surface area contributed by atoms with Crippen LogP contribution in [0.5, 0.6) is 0 Å². The molecule has 0 heterocycles. The van der Waals surface area contributed by atoms with Crippen LogP contribution in [-0.2, 0) is 9.84 Å². The first-order chi connectivity index (χ1) is 8.20. The monoisotopic (exact) mass is 290 g/mol. The highest BCUT2D eigenvalue weighted by Crippen LogP contribution is 2.17. The molecule has 4 nitrogen and oxygen atoms in total. The third kappa shape index (κ3) is 4.23. The number of thiocarbonyl (C=S) groups is 1. The minimum atomic E-state index is -3.04. The first kappa shape index (κ1) is 14.8. The van der Waals surface area contributed by atoms with Gasteiger partial charge in [0.15, 0.2) is 0 Å². The van der Waals surface area contributed by atoms with Gasteiger partial charge in [-0.3, -0.25) is 0 Å². The molecular formula is C11H15FN2O2S2. The smallest absolute Gasteiger partial charge is 0.149 e. The molecule has 18 heavy (non-hydrogen) atoms. The largest absolute Gasteiger partial charge is 0.389 e. The molecule has 0 radical (unpaired) electrons. The van der Waals surface area contributed by atoms with Crippen molar-refractivity contribution in [2.75, 3.05) is 30.5 Å². The molecule has 1 aromatic carbocycles. The highest BCUT2D eigenvalue weighted by molar-refractivity contribution is 7.90. The van der Waals surface area contributed by atoms with Gasteiger partial charge in [-0.25, -0.2) is 12.8 Å². The Balaban J connectivity index is 2.85. The first-order valence-corrected chi connectivity index (χ1v) is 7.66. The fraction of sp³-hybridized carbons (Fsp3) is 0.364. The molecule has 0 spiro atoms. The number of sulfone groups is 1. The van der Waals surface area contributed by atoms with Crippen LogP contribution in [0.2, 0.25) is 0 Å². The summed E-state index contributed by atoms with van der Waals surface area (Å²) >= 11 is 4.70. The Morgan fingerprint density at radius 3 is 2.56 bits per heavy atom. The maximum atomic E-state index is 13.6. The summed E-state index contributed by atoms with van der Waals surface area (Å²) in [5, 5.41) is 0. The van der Waals surface area contributed by atoms with E-state index in [-0.39, 0.29) is 16.3 Å². The van der Waals surface area contributed by atoms with E-state index in [9.17, 15) is 12.8 Å². The third-order valence-electron chi connectivity index (χ3n) is 2.46. The van der Waals surface area contributed by atoms with Crippen molar-refractivity contribution in [3.63, 3.8) is 0 Å². The molecule has 1 aromatic rings. The molecule has 7 heteroatoms. The van der Waals surface area contributed by atoms with Crippen LogP contribution in [0.25, 0.3) is 0 Å². The van der Waals surface area contributed by atoms with Gasteiger partial charge in [0.2, 0.25) is 0 Å². The minimum Gasteiger partial charge on any atom is -0.389 e. The maximum absolute atomic E-state index is 13.6. The fourth-order valence-corrected chi connectivity index (χ4v) is 2.14. The van der Waals surface area contributed by atoms with Gasteiger partial charge in [-0.15, -0.1) is 0 Å². The molecule has 0 bridgehead atoms. The summed E-state index contributed by atoms with van der Waals surface area (Å²) in [6.07, 6.45) is 1.16. The lowest BCUT2D eigenvalue weighted by Crippen LogP contribution is -2.25. The van der Waals surface area contributed by atoms with E-state index in [0.717, 1.165) is 6.26 Å². The molecule has 1 rings (SSSR count). The summed E-state index contributed by atoms with van der Waals surface area (Å²) in [5.74, 6) is -0.492. The molecule has 0 aromatic heterocycles. The molecule has 0 fully saturated rings. The molecule has 0 amide bonds. The molecule has 0 aliphatic heterocycles. The van der Waals surface area contributed by atoms with Crippen LogP contribution in [0.15, 0.2) is 18.2 Å². The van der Waals surface area contributed by atoms with Crippen LogP contribution in [0.4, 0.5) is 10.1 Å².